The van der Waals surface area contributed by atoms with E-state index >= 15 is 0 Å². The van der Waals surface area contributed by atoms with Gasteiger partial charge in [0, 0.05) is 45.7 Å². The third kappa shape index (κ3) is 4.70. The zero-order valence-electron chi connectivity index (χ0n) is 17.2. The fourth-order valence-corrected chi connectivity index (χ4v) is 3.88. The normalized spacial score (nSPS) is 12.0. The van der Waals surface area contributed by atoms with Crippen LogP contribution in [0.5, 0.6) is 0 Å². The fraction of sp³-hybridized carbons (Fsp3) is 0.174. The molecule has 0 fully saturated rings. The smallest absolute Gasteiger partial charge is 0.253 e. The number of hydrogen-bond donors (Lipinski definition) is 2. The van der Waals surface area contributed by atoms with Crippen LogP contribution in [0.3, 0.4) is 0 Å². The van der Waals surface area contributed by atoms with Crippen molar-refractivity contribution >= 4 is 51.7 Å². The van der Waals surface area contributed by atoms with Crippen molar-refractivity contribution in [2.45, 2.75) is 12.8 Å². The standard InChI is InChI=1S/C23H19IN6O2/c1-30(10-2-9-25)22(32)14-3-6-17(7-4-14)27-23-26-13-15-11-20(31)28-19-12-16(24)5-8-18(19)21(15)29-23/h3-8,12-13H,2,10-11H2,1H3,(H,28,31)(H,26,27,29). The van der Waals surface area contributed by atoms with Gasteiger partial charge in [-0.25, -0.2) is 9.97 Å². The monoisotopic (exact) mass is 538 g/mol. The molecule has 8 nitrogen and oxygen atoms in total. The molecule has 0 aliphatic carbocycles. The van der Waals surface area contributed by atoms with Crippen molar-refractivity contribution in [3.8, 4) is 17.3 Å². The Kier molecular flexibility index (Phi) is 6.32. The van der Waals surface area contributed by atoms with Crippen LogP contribution in [0.15, 0.2) is 48.7 Å². The Morgan fingerprint density at radius 3 is 2.81 bits per heavy atom. The van der Waals surface area contributed by atoms with Gasteiger partial charge in [-0.1, -0.05) is 0 Å². The Morgan fingerprint density at radius 1 is 1.28 bits per heavy atom. The number of halogens is 1. The summed E-state index contributed by atoms with van der Waals surface area (Å²) in [7, 11) is 1.67. The lowest BCUT2D eigenvalue weighted by molar-refractivity contribution is -0.115. The number of nitrogens with zero attached hydrogens (tertiary/aromatic N) is 4. The number of benzene rings is 2. The number of nitriles is 1. The summed E-state index contributed by atoms with van der Waals surface area (Å²) in [5.41, 5.74) is 4.30. The largest absolute Gasteiger partial charge is 0.341 e. The van der Waals surface area contributed by atoms with E-state index in [1.165, 1.54) is 4.90 Å². The second-order valence-corrected chi connectivity index (χ2v) is 8.57. The first-order chi connectivity index (χ1) is 15.4. The van der Waals surface area contributed by atoms with Crippen molar-refractivity contribution in [2.75, 3.05) is 24.2 Å². The van der Waals surface area contributed by atoms with Crippen LogP contribution in [0.1, 0.15) is 22.3 Å². The third-order valence-electron chi connectivity index (χ3n) is 5.02. The molecule has 0 radical (unpaired) electrons. The summed E-state index contributed by atoms with van der Waals surface area (Å²) in [6.07, 6.45) is 2.16. The highest BCUT2D eigenvalue weighted by atomic mass is 127. The van der Waals surface area contributed by atoms with E-state index < -0.39 is 0 Å². The number of anilines is 3. The molecule has 0 unspecified atom stereocenters. The summed E-state index contributed by atoms with van der Waals surface area (Å²) in [6, 6.07) is 14.9. The van der Waals surface area contributed by atoms with Crippen molar-refractivity contribution < 1.29 is 9.59 Å². The lowest BCUT2D eigenvalue weighted by Crippen LogP contribution is -2.27. The van der Waals surface area contributed by atoms with Gasteiger partial charge in [0.05, 0.1) is 30.3 Å². The summed E-state index contributed by atoms with van der Waals surface area (Å²) >= 11 is 2.21. The van der Waals surface area contributed by atoms with Gasteiger partial charge in [0.1, 0.15) is 0 Å². The summed E-state index contributed by atoms with van der Waals surface area (Å²) in [5.74, 6) is 0.153. The van der Waals surface area contributed by atoms with Crippen molar-refractivity contribution in [1.29, 1.82) is 5.26 Å². The van der Waals surface area contributed by atoms with Gasteiger partial charge in [0.15, 0.2) is 0 Å². The zero-order chi connectivity index (χ0) is 22.7. The minimum Gasteiger partial charge on any atom is -0.341 e. The molecule has 4 rings (SSSR count). The Hall–Kier alpha value is -3.52. The molecule has 2 aromatic carbocycles. The topological polar surface area (TPSA) is 111 Å². The van der Waals surface area contributed by atoms with E-state index in [2.05, 4.69) is 43.2 Å². The van der Waals surface area contributed by atoms with Crippen LogP contribution in [0.2, 0.25) is 0 Å². The quantitative estimate of drug-likeness (QED) is 0.476. The molecule has 1 aliphatic rings. The van der Waals surface area contributed by atoms with Gasteiger partial charge in [-0.05, 0) is 65.1 Å². The van der Waals surface area contributed by atoms with Crippen LogP contribution in [0.4, 0.5) is 17.3 Å². The molecule has 32 heavy (non-hydrogen) atoms. The molecule has 9 heteroatoms. The maximum atomic E-state index is 12.4. The maximum Gasteiger partial charge on any atom is 0.253 e. The average molecular weight is 538 g/mol. The SMILES string of the molecule is CN(CCC#N)C(=O)c1ccc(Nc2ncc3c(n2)-c2ccc(I)cc2NC(=O)C3)cc1. The number of rotatable bonds is 5. The van der Waals surface area contributed by atoms with E-state index in [0.29, 0.717) is 30.2 Å². The number of aromatic nitrogens is 2. The van der Waals surface area contributed by atoms with E-state index in [1.807, 2.05) is 24.3 Å². The third-order valence-corrected chi connectivity index (χ3v) is 5.69. The highest BCUT2D eigenvalue weighted by Gasteiger charge is 2.21. The lowest BCUT2D eigenvalue weighted by atomic mass is 10.1. The first-order valence-electron chi connectivity index (χ1n) is 9.90. The molecular formula is C23H19IN6O2. The Balaban J connectivity index is 1.57. The molecule has 0 spiro atoms. The van der Waals surface area contributed by atoms with Crippen LogP contribution in [0, 0.1) is 14.9 Å². The van der Waals surface area contributed by atoms with Gasteiger partial charge in [0.25, 0.3) is 5.91 Å². The minimum atomic E-state index is -0.142. The number of fused-ring (bicyclic) bond motifs is 3. The first kappa shape index (κ1) is 21.7. The average Bonchev–Trinajstić information content (AvgIpc) is 2.92. The van der Waals surface area contributed by atoms with Gasteiger partial charge in [-0.3, -0.25) is 9.59 Å². The summed E-state index contributed by atoms with van der Waals surface area (Å²) in [6.45, 7) is 0.385. The second kappa shape index (κ2) is 9.32. The van der Waals surface area contributed by atoms with Gasteiger partial charge in [-0.15, -0.1) is 0 Å². The van der Waals surface area contributed by atoms with E-state index in [0.717, 1.165) is 26.1 Å². The van der Waals surface area contributed by atoms with Gasteiger partial charge in [0.2, 0.25) is 11.9 Å². The zero-order valence-corrected chi connectivity index (χ0v) is 19.4. The molecule has 0 saturated heterocycles. The number of carbonyl (C=O) groups is 2. The van der Waals surface area contributed by atoms with Gasteiger partial charge in [-0.2, -0.15) is 5.26 Å². The Bertz CT molecular complexity index is 1240. The van der Waals surface area contributed by atoms with Gasteiger partial charge >= 0.3 is 0 Å². The van der Waals surface area contributed by atoms with E-state index in [1.54, 1.807) is 37.5 Å². The molecule has 3 aromatic rings. The molecule has 2 heterocycles. The first-order valence-corrected chi connectivity index (χ1v) is 11.0. The molecule has 1 aromatic heterocycles. The van der Waals surface area contributed by atoms with Crippen LogP contribution in [0.25, 0.3) is 11.3 Å². The van der Waals surface area contributed by atoms with E-state index in [4.69, 9.17) is 5.26 Å². The van der Waals surface area contributed by atoms with E-state index in [-0.39, 0.29) is 18.2 Å². The maximum absolute atomic E-state index is 12.4. The predicted octanol–water partition coefficient (Wildman–Crippen LogP) is 3.97. The summed E-state index contributed by atoms with van der Waals surface area (Å²) < 4.78 is 1.02. The van der Waals surface area contributed by atoms with Crippen LogP contribution in [-0.4, -0.2) is 40.3 Å². The predicted molar refractivity (Wildman–Crippen MR) is 129 cm³/mol. The Morgan fingerprint density at radius 2 is 2.06 bits per heavy atom. The highest BCUT2D eigenvalue weighted by molar-refractivity contribution is 14.1. The number of carbonyl (C=O) groups excluding carboxylic acids is 2. The van der Waals surface area contributed by atoms with Gasteiger partial charge < -0.3 is 15.5 Å². The van der Waals surface area contributed by atoms with Crippen molar-refractivity contribution in [3.63, 3.8) is 0 Å². The molecule has 0 atom stereocenters. The summed E-state index contributed by atoms with van der Waals surface area (Å²) in [4.78, 5) is 35.2. The highest BCUT2D eigenvalue weighted by Crippen LogP contribution is 2.34. The van der Waals surface area contributed by atoms with Crippen LogP contribution in [-0.2, 0) is 11.2 Å². The molecule has 2 N–H and O–H groups in total. The lowest BCUT2D eigenvalue weighted by Gasteiger charge is -2.15. The van der Waals surface area contributed by atoms with E-state index in [9.17, 15) is 9.59 Å². The molecular weight excluding hydrogens is 519 g/mol. The molecule has 160 valence electrons. The fourth-order valence-electron chi connectivity index (χ4n) is 3.39. The van der Waals surface area contributed by atoms with Crippen molar-refractivity contribution in [1.82, 2.24) is 14.9 Å². The molecule has 1 aliphatic heterocycles. The number of hydrogen-bond acceptors (Lipinski definition) is 6. The number of nitrogens with one attached hydrogen (secondary N) is 2. The van der Waals surface area contributed by atoms with Crippen LogP contribution >= 0.6 is 22.6 Å². The Labute approximate surface area is 198 Å². The van der Waals surface area contributed by atoms with Crippen LogP contribution < -0.4 is 10.6 Å². The molecule has 2 amide bonds. The second-order valence-electron chi connectivity index (χ2n) is 7.32. The van der Waals surface area contributed by atoms with Crippen molar-refractivity contribution in [3.05, 3.63) is 63.4 Å². The molecule has 0 bridgehead atoms. The summed E-state index contributed by atoms with van der Waals surface area (Å²) in [5, 5.41) is 14.8. The van der Waals surface area contributed by atoms with Crippen molar-refractivity contribution in [2.24, 2.45) is 0 Å². The minimum absolute atomic E-state index is 0.101. The number of amides is 2. The molecule has 0 saturated carbocycles.